The summed E-state index contributed by atoms with van der Waals surface area (Å²) in [5.74, 6) is 1.74. The Kier molecular flexibility index (Phi) is 4.39. The van der Waals surface area contributed by atoms with Crippen LogP contribution in [0.4, 0.5) is 0 Å². The first-order valence-corrected chi connectivity index (χ1v) is 4.61. The van der Waals surface area contributed by atoms with Gasteiger partial charge < -0.3 is 0 Å². The monoisotopic (exact) mass is 188 g/mol. The maximum Gasteiger partial charge on any atom is 0.150 e. The van der Waals surface area contributed by atoms with E-state index in [2.05, 4.69) is 0 Å². The second kappa shape index (κ2) is 5.90. The molecular weight excluding hydrogens is 176 g/mol. The molecule has 0 aromatic heterocycles. The number of hydrogen-bond acceptors (Lipinski definition) is 2. The van der Waals surface area contributed by atoms with Gasteiger partial charge in [0.15, 0.2) is 0 Å². The first-order valence-electron chi connectivity index (χ1n) is 4.61. The Balaban J connectivity index is 2.57. The molecule has 0 amide bonds. The van der Waals surface area contributed by atoms with E-state index in [1.165, 1.54) is 6.08 Å². The fourth-order valence-corrected chi connectivity index (χ4v) is 1.33. The van der Waals surface area contributed by atoms with E-state index in [1.54, 1.807) is 12.0 Å². The van der Waals surface area contributed by atoms with Gasteiger partial charge in [-0.25, -0.2) is 4.79 Å². The van der Waals surface area contributed by atoms with Crippen molar-refractivity contribution in [1.29, 1.82) is 0 Å². The van der Waals surface area contributed by atoms with Gasteiger partial charge >= 0.3 is 0 Å². The number of rotatable bonds is 5. The Bertz CT molecular complexity index is 349. The number of aldehydes is 1. The molecule has 0 fully saturated rings. The minimum Gasteiger partial charge on any atom is -0.298 e. The Morgan fingerprint density at radius 2 is 2.07 bits per heavy atom. The summed E-state index contributed by atoms with van der Waals surface area (Å²) in [5.41, 5.74) is 1.78. The average molecular weight is 188 g/mol. The molecule has 72 valence electrons. The van der Waals surface area contributed by atoms with E-state index in [0.717, 1.165) is 36.7 Å². The SMILES string of the molecule is O=C=CCCCc1ccccc1C=O. The summed E-state index contributed by atoms with van der Waals surface area (Å²) in [6.45, 7) is 0. The normalized spacial score (nSPS) is 9.14. The molecule has 0 unspecified atom stereocenters. The molecule has 14 heavy (non-hydrogen) atoms. The quantitative estimate of drug-likeness (QED) is 0.403. The predicted octanol–water partition coefficient (Wildman–Crippen LogP) is 2.21. The lowest BCUT2D eigenvalue weighted by Gasteiger charge is -2.01. The maximum atomic E-state index is 10.6. The third kappa shape index (κ3) is 3.00. The fourth-order valence-electron chi connectivity index (χ4n) is 1.33. The molecule has 0 bridgehead atoms. The minimum absolute atomic E-state index is 0.719. The summed E-state index contributed by atoms with van der Waals surface area (Å²) in [5, 5.41) is 0. The second-order valence-corrected chi connectivity index (χ2v) is 3.03. The molecule has 0 aliphatic carbocycles. The van der Waals surface area contributed by atoms with Crippen molar-refractivity contribution in [2.45, 2.75) is 19.3 Å². The van der Waals surface area contributed by atoms with Crippen molar-refractivity contribution >= 4 is 12.2 Å². The van der Waals surface area contributed by atoms with E-state index in [-0.39, 0.29) is 0 Å². The average Bonchev–Trinajstić information content (AvgIpc) is 2.25. The zero-order valence-corrected chi connectivity index (χ0v) is 7.90. The molecule has 0 saturated heterocycles. The van der Waals surface area contributed by atoms with Crippen LogP contribution < -0.4 is 0 Å². The van der Waals surface area contributed by atoms with Crippen molar-refractivity contribution < 1.29 is 9.59 Å². The van der Waals surface area contributed by atoms with Crippen LogP contribution in [0.1, 0.15) is 28.8 Å². The van der Waals surface area contributed by atoms with Crippen molar-refractivity contribution in [3.8, 4) is 0 Å². The Hall–Kier alpha value is -1.66. The molecule has 2 nitrogen and oxygen atoms in total. The minimum atomic E-state index is 0.719. The van der Waals surface area contributed by atoms with Crippen LogP contribution in [-0.2, 0) is 11.2 Å². The summed E-state index contributed by atoms with van der Waals surface area (Å²) >= 11 is 0. The van der Waals surface area contributed by atoms with Crippen molar-refractivity contribution in [2.24, 2.45) is 0 Å². The van der Waals surface area contributed by atoms with Gasteiger partial charge in [0, 0.05) is 5.56 Å². The van der Waals surface area contributed by atoms with Crippen LogP contribution in [0.5, 0.6) is 0 Å². The fraction of sp³-hybridized carbons (Fsp3) is 0.250. The van der Waals surface area contributed by atoms with Crippen molar-refractivity contribution in [1.82, 2.24) is 0 Å². The highest BCUT2D eigenvalue weighted by atomic mass is 16.1. The first-order chi connectivity index (χ1) is 6.88. The van der Waals surface area contributed by atoms with Gasteiger partial charge in [0.25, 0.3) is 0 Å². The van der Waals surface area contributed by atoms with Crippen LogP contribution in [0.3, 0.4) is 0 Å². The first kappa shape index (κ1) is 10.4. The summed E-state index contributed by atoms with van der Waals surface area (Å²) in [6.07, 6.45) is 4.76. The summed E-state index contributed by atoms with van der Waals surface area (Å²) in [7, 11) is 0. The Morgan fingerprint density at radius 3 is 2.79 bits per heavy atom. The van der Waals surface area contributed by atoms with Gasteiger partial charge in [-0.1, -0.05) is 24.3 Å². The molecule has 1 rings (SSSR count). The van der Waals surface area contributed by atoms with Gasteiger partial charge in [0.1, 0.15) is 12.2 Å². The van der Waals surface area contributed by atoms with Crippen molar-refractivity contribution in [2.75, 3.05) is 0 Å². The molecular formula is C12H12O2. The number of aryl methyl sites for hydroxylation is 1. The molecule has 0 atom stereocenters. The lowest BCUT2D eigenvalue weighted by molar-refractivity contribution is 0.112. The van der Waals surface area contributed by atoms with E-state index in [0.29, 0.717) is 0 Å². The molecule has 0 heterocycles. The van der Waals surface area contributed by atoms with Crippen LogP contribution in [0.25, 0.3) is 0 Å². The maximum absolute atomic E-state index is 10.6. The highest BCUT2D eigenvalue weighted by Crippen LogP contribution is 2.09. The van der Waals surface area contributed by atoms with Gasteiger partial charge in [-0.3, -0.25) is 4.79 Å². The third-order valence-electron chi connectivity index (χ3n) is 2.06. The second-order valence-electron chi connectivity index (χ2n) is 3.03. The molecule has 0 aliphatic heterocycles. The van der Waals surface area contributed by atoms with Crippen LogP contribution in [0, 0.1) is 0 Å². The lowest BCUT2D eigenvalue weighted by atomic mass is 10.0. The van der Waals surface area contributed by atoms with E-state index in [1.807, 2.05) is 18.2 Å². The van der Waals surface area contributed by atoms with Crippen molar-refractivity contribution in [3.05, 3.63) is 41.5 Å². The van der Waals surface area contributed by atoms with E-state index >= 15 is 0 Å². The summed E-state index contributed by atoms with van der Waals surface area (Å²) in [6, 6.07) is 7.50. The molecule has 0 radical (unpaired) electrons. The number of allylic oxidation sites excluding steroid dienone is 1. The molecule has 0 spiro atoms. The molecule has 0 saturated carbocycles. The number of hydrogen-bond donors (Lipinski definition) is 0. The molecule has 0 N–H and O–H groups in total. The molecule has 1 aromatic carbocycles. The molecule has 0 aliphatic rings. The van der Waals surface area contributed by atoms with Gasteiger partial charge in [-0.2, -0.15) is 0 Å². The predicted molar refractivity (Wildman–Crippen MR) is 55.0 cm³/mol. The largest absolute Gasteiger partial charge is 0.298 e. The zero-order valence-electron chi connectivity index (χ0n) is 7.90. The van der Waals surface area contributed by atoms with E-state index in [4.69, 9.17) is 0 Å². The Morgan fingerprint density at radius 1 is 1.29 bits per heavy atom. The van der Waals surface area contributed by atoms with Crippen LogP contribution in [0.15, 0.2) is 30.3 Å². The number of carbonyl (C=O) groups excluding carboxylic acids is 2. The van der Waals surface area contributed by atoms with Gasteiger partial charge in [0.05, 0.1) is 0 Å². The highest BCUT2D eigenvalue weighted by Gasteiger charge is 1.98. The summed E-state index contributed by atoms with van der Waals surface area (Å²) in [4.78, 5) is 20.5. The smallest absolute Gasteiger partial charge is 0.150 e. The van der Waals surface area contributed by atoms with Crippen LogP contribution in [0.2, 0.25) is 0 Å². The van der Waals surface area contributed by atoms with Crippen molar-refractivity contribution in [3.63, 3.8) is 0 Å². The third-order valence-corrected chi connectivity index (χ3v) is 2.06. The van der Waals surface area contributed by atoms with Gasteiger partial charge in [-0.15, -0.1) is 0 Å². The lowest BCUT2D eigenvalue weighted by Crippen LogP contribution is -1.91. The van der Waals surface area contributed by atoms with Gasteiger partial charge in [0.2, 0.25) is 0 Å². The number of carbonyl (C=O) groups is 1. The Labute approximate surface area is 83.3 Å². The summed E-state index contributed by atoms with van der Waals surface area (Å²) < 4.78 is 0. The number of unbranched alkanes of at least 4 members (excludes halogenated alkanes) is 1. The molecule has 2 heteroatoms. The van der Waals surface area contributed by atoms with Crippen LogP contribution in [-0.4, -0.2) is 12.2 Å². The van der Waals surface area contributed by atoms with E-state index < -0.39 is 0 Å². The topological polar surface area (TPSA) is 34.1 Å². The number of benzene rings is 1. The molecule has 1 aromatic rings. The standard InChI is InChI=1S/C12H12O2/c13-9-5-1-2-6-11-7-3-4-8-12(11)10-14/h3-5,7-8,10H,1-2,6H2. The van der Waals surface area contributed by atoms with Crippen LogP contribution >= 0.6 is 0 Å². The zero-order chi connectivity index (χ0) is 10.2. The van der Waals surface area contributed by atoms with E-state index in [9.17, 15) is 9.59 Å². The van der Waals surface area contributed by atoms with Gasteiger partial charge in [-0.05, 0) is 30.9 Å². The highest BCUT2D eigenvalue weighted by molar-refractivity contribution is 5.77.